The molecule has 1 fully saturated rings. The lowest BCUT2D eigenvalue weighted by Crippen LogP contribution is -2.59. The predicted molar refractivity (Wildman–Crippen MR) is 86.5 cm³/mol. The lowest BCUT2D eigenvalue weighted by molar-refractivity contribution is -0.151. The van der Waals surface area contributed by atoms with Crippen molar-refractivity contribution in [1.29, 1.82) is 0 Å². The summed E-state index contributed by atoms with van der Waals surface area (Å²) >= 11 is 0. The molecule has 0 amide bonds. The SMILES string of the molecule is CCCNC(C)(CN(C)C1CCCN(C)C1)C(=O)OCC. The van der Waals surface area contributed by atoms with E-state index >= 15 is 0 Å². The van der Waals surface area contributed by atoms with Gasteiger partial charge in [0.2, 0.25) is 0 Å². The lowest BCUT2D eigenvalue weighted by atomic mass is 9.98. The van der Waals surface area contributed by atoms with E-state index in [2.05, 4.69) is 36.1 Å². The van der Waals surface area contributed by atoms with Crippen molar-refractivity contribution >= 4 is 5.97 Å². The third kappa shape index (κ3) is 5.57. The molecule has 1 heterocycles. The van der Waals surface area contributed by atoms with Crippen LogP contribution in [-0.2, 0) is 9.53 Å². The van der Waals surface area contributed by atoms with Crippen LogP contribution >= 0.6 is 0 Å². The molecule has 0 saturated carbocycles. The van der Waals surface area contributed by atoms with Crippen LogP contribution in [0, 0.1) is 0 Å². The standard InChI is InChI=1S/C16H33N3O2/c1-6-10-17-16(3,15(20)21-7-2)13-19(5)14-9-8-11-18(4)12-14/h14,17H,6-13H2,1-5H3. The third-order valence-corrected chi connectivity index (χ3v) is 4.28. The second-order valence-corrected chi connectivity index (χ2v) is 6.45. The topological polar surface area (TPSA) is 44.8 Å². The van der Waals surface area contributed by atoms with Crippen molar-refractivity contribution in [1.82, 2.24) is 15.1 Å². The van der Waals surface area contributed by atoms with Gasteiger partial charge >= 0.3 is 5.97 Å². The number of esters is 1. The summed E-state index contributed by atoms with van der Waals surface area (Å²) in [5.41, 5.74) is -0.628. The zero-order valence-electron chi connectivity index (χ0n) is 14.4. The first-order valence-electron chi connectivity index (χ1n) is 8.24. The molecule has 0 bridgehead atoms. The van der Waals surface area contributed by atoms with Crippen LogP contribution in [0.2, 0.25) is 0 Å². The molecular formula is C16H33N3O2. The van der Waals surface area contributed by atoms with E-state index in [0.717, 1.165) is 19.5 Å². The molecule has 1 rings (SSSR count). The van der Waals surface area contributed by atoms with Gasteiger partial charge in [0.15, 0.2) is 0 Å². The van der Waals surface area contributed by atoms with E-state index in [9.17, 15) is 4.79 Å². The normalized spacial score (nSPS) is 23.0. The van der Waals surface area contributed by atoms with Gasteiger partial charge in [0.1, 0.15) is 5.54 Å². The summed E-state index contributed by atoms with van der Waals surface area (Å²) < 4.78 is 5.27. The Morgan fingerprint density at radius 1 is 1.48 bits per heavy atom. The van der Waals surface area contributed by atoms with Gasteiger partial charge in [-0.05, 0) is 60.3 Å². The van der Waals surface area contributed by atoms with E-state index in [1.54, 1.807) is 0 Å². The first kappa shape index (κ1) is 18.4. The van der Waals surface area contributed by atoms with Gasteiger partial charge in [-0.15, -0.1) is 0 Å². The van der Waals surface area contributed by atoms with Crippen molar-refractivity contribution in [2.45, 2.75) is 51.6 Å². The molecule has 1 N–H and O–H groups in total. The van der Waals surface area contributed by atoms with Gasteiger partial charge in [0.05, 0.1) is 6.61 Å². The van der Waals surface area contributed by atoms with Crippen molar-refractivity contribution < 1.29 is 9.53 Å². The number of hydrogen-bond donors (Lipinski definition) is 1. The van der Waals surface area contributed by atoms with E-state index in [0.29, 0.717) is 19.2 Å². The highest BCUT2D eigenvalue weighted by Crippen LogP contribution is 2.17. The third-order valence-electron chi connectivity index (χ3n) is 4.28. The maximum Gasteiger partial charge on any atom is 0.327 e. The Labute approximate surface area is 130 Å². The quantitative estimate of drug-likeness (QED) is 0.685. The molecule has 1 saturated heterocycles. The number of nitrogens with one attached hydrogen (secondary N) is 1. The highest BCUT2D eigenvalue weighted by atomic mass is 16.5. The fraction of sp³-hybridized carbons (Fsp3) is 0.938. The van der Waals surface area contributed by atoms with Crippen LogP contribution in [-0.4, -0.2) is 74.2 Å². The molecule has 124 valence electrons. The molecule has 2 atom stereocenters. The van der Waals surface area contributed by atoms with Crippen molar-refractivity contribution in [2.75, 3.05) is 46.9 Å². The number of rotatable bonds is 8. The van der Waals surface area contributed by atoms with Crippen molar-refractivity contribution in [3.8, 4) is 0 Å². The van der Waals surface area contributed by atoms with E-state index in [4.69, 9.17) is 4.74 Å². The number of hydrogen-bond acceptors (Lipinski definition) is 5. The molecule has 5 heteroatoms. The minimum absolute atomic E-state index is 0.144. The van der Waals surface area contributed by atoms with E-state index in [1.807, 2.05) is 13.8 Å². The molecule has 21 heavy (non-hydrogen) atoms. The monoisotopic (exact) mass is 299 g/mol. The summed E-state index contributed by atoms with van der Waals surface area (Å²) in [6, 6.07) is 0.515. The molecule has 0 aromatic carbocycles. The number of piperidine rings is 1. The van der Waals surface area contributed by atoms with Gasteiger partial charge in [-0.2, -0.15) is 0 Å². The van der Waals surface area contributed by atoms with Crippen LogP contribution in [0.4, 0.5) is 0 Å². The van der Waals surface area contributed by atoms with E-state index < -0.39 is 5.54 Å². The van der Waals surface area contributed by atoms with Gasteiger partial charge in [0, 0.05) is 19.1 Å². The molecule has 1 aliphatic rings. The number of nitrogens with zero attached hydrogens (tertiary/aromatic N) is 2. The van der Waals surface area contributed by atoms with Crippen LogP contribution in [0.3, 0.4) is 0 Å². The van der Waals surface area contributed by atoms with Crippen molar-refractivity contribution in [3.05, 3.63) is 0 Å². The zero-order chi connectivity index (χ0) is 15.9. The Kier molecular flexibility index (Phi) is 7.63. The Morgan fingerprint density at radius 2 is 2.19 bits per heavy atom. The van der Waals surface area contributed by atoms with Crippen LogP contribution in [0.1, 0.15) is 40.0 Å². The van der Waals surface area contributed by atoms with Crippen LogP contribution in [0.25, 0.3) is 0 Å². The average Bonchev–Trinajstić information content (AvgIpc) is 2.45. The summed E-state index contributed by atoms with van der Waals surface area (Å²) in [6.45, 7) is 10.1. The summed E-state index contributed by atoms with van der Waals surface area (Å²) in [6.07, 6.45) is 3.43. The van der Waals surface area contributed by atoms with Gasteiger partial charge in [-0.1, -0.05) is 6.92 Å². The molecule has 5 nitrogen and oxygen atoms in total. The van der Waals surface area contributed by atoms with Gasteiger partial charge in [-0.25, -0.2) is 0 Å². The fourth-order valence-electron chi connectivity index (χ4n) is 3.01. The minimum Gasteiger partial charge on any atom is -0.465 e. The summed E-state index contributed by atoms with van der Waals surface area (Å²) in [4.78, 5) is 17.0. The molecule has 0 spiro atoms. The van der Waals surface area contributed by atoms with Crippen molar-refractivity contribution in [3.63, 3.8) is 0 Å². The van der Waals surface area contributed by atoms with Gasteiger partial charge in [0.25, 0.3) is 0 Å². The Bertz CT molecular complexity index is 325. The summed E-state index contributed by atoms with van der Waals surface area (Å²) in [5.74, 6) is -0.144. The van der Waals surface area contributed by atoms with E-state index in [1.165, 1.54) is 19.4 Å². The Hall–Kier alpha value is -0.650. The number of ether oxygens (including phenoxy) is 1. The number of carbonyl (C=O) groups excluding carboxylic acids is 1. The minimum atomic E-state index is -0.628. The second-order valence-electron chi connectivity index (χ2n) is 6.45. The highest BCUT2D eigenvalue weighted by molar-refractivity contribution is 5.80. The lowest BCUT2D eigenvalue weighted by Gasteiger charge is -2.40. The van der Waals surface area contributed by atoms with Gasteiger partial charge in [-0.3, -0.25) is 9.69 Å². The maximum absolute atomic E-state index is 12.3. The Balaban J connectivity index is 2.67. The number of likely N-dealkylation sites (N-methyl/N-ethyl adjacent to an activating group) is 2. The predicted octanol–water partition coefficient (Wildman–Crippen LogP) is 1.33. The van der Waals surface area contributed by atoms with E-state index in [-0.39, 0.29) is 5.97 Å². The largest absolute Gasteiger partial charge is 0.465 e. The first-order chi connectivity index (χ1) is 9.92. The molecule has 0 radical (unpaired) electrons. The van der Waals surface area contributed by atoms with Crippen LogP contribution in [0.15, 0.2) is 0 Å². The molecular weight excluding hydrogens is 266 g/mol. The van der Waals surface area contributed by atoms with Crippen LogP contribution in [0.5, 0.6) is 0 Å². The average molecular weight is 299 g/mol. The molecule has 2 unspecified atom stereocenters. The summed E-state index contributed by atoms with van der Waals surface area (Å²) in [7, 11) is 4.29. The number of carbonyl (C=O) groups is 1. The number of likely N-dealkylation sites (tertiary alicyclic amines) is 1. The molecule has 0 aromatic rings. The second kappa shape index (κ2) is 8.71. The maximum atomic E-state index is 12.3. The smallest absolute Gasteiger partial charge is 0.327 e. The molecule has 1 aliphatic heterocycles. The molecule has 0 aromatic heterocycles. The first-order valence-corrected chi connectivity index (χ1v) is 8.24. The summed E-state index contributed by atoms with van der Waals surface area (Å²) in [5, 5.41) is 3.38. The van der Waals surface area contributed by atoms with Crippen molar-refractivity contribution in [2.24, 2.45) is 0 Å². The van der Waals surface area contributed by atoms with Gasteiger partial charge < -0.3 is 15.0 Å². The molecule has 0 aliphatic carbocycles. The van der Waals surface area contributed by atoms with Crippen LogP contribution < -0.4 is 5.32 Å². The zero-order valence-corrected chi connectivity index (χ0v) is 14.4. The fourth-order valence-corrected chi connectivity index (χ4v) is 3.01. The Morgan fingerprint density at radius 3 is 2.76 bits per heavy atom. The highest BCUT2D eigenvalue weighted by Gasteiger charge is 2.37.